The lowest BCUT2D eigenvalue weighted by molar-refractivity contribution is 0.0880. The lowest BCUT2D eigenvalue weighted by atomic mass is 9.93. The van der Waals surface area contributed by atoms with Gasteiger partial charge in [-0.3, -0.25) is 9.78 Å². The first-order chi connectivity index (χ1) is 13.2. The second-order valence-electron chi connectivity index (χ2n) is 6.49. The summed E-state index contributed by atoms with van der Waals surface area (Å²) in [7, 11) is 0. The minimum atomic E-state index is -0.196. The Balaban J connectivity index is 1.31. The summed E-state index contributed by atoms with van der Waals surface area (Å²) in [4.78, 5) is 29.3. The quantitative estimate of drug-likeness (QED) is 0.744. The molecule has 0 radical (unpaired) electrons. The molecule has 0 bridgehead atoms. The summed E-state index contributed by atoms with van der Waals surface area (Å²) in [5, 5.41) is 3.52. The van der Waals surface area contributed by atoms with E-state index >= 15 is 0 Å². The third-order valence-electron chi connectivity index (χ3n) is 4.56. The second-order valence-corrected chi connectivity index (χ2v) is 6.93. The molecule has 1 aliphatic rings. The van der Waals surface area contributed by atoms with E-state index in [9.17, 15) is 4.79 Å². The van der Waals surface area contributed by atoms with E-state index in [0.717, 1.165) is 31.2 Å². The van der Waals surface area contributed by atoms with Gasteiger partial charge in [0.05, 0.1) is 34.6 Å². The molecule has 4 rings (SSSR count). The van der Waals surface area contributed by atoms with Crippen molar-refractivity contribution < 1.29 is 9.53 Å². The predicted molar refractivity (Wildman–Crippen MR) is 101 cm³/mol. The zero-order chi connectivity index (χ0) is 18.6. The summed E-state index contributed by atoms with van der Waals surface area (Å²) in [5.74, 6) is -0.196. The van der Waals surface area contributed by atoms with Gasteiger partial charge in [-0.1, -0.05) is 23.7 Å². The number of carbonyl (C=O) groups is 1. The van der Waals surface area contributed by atoms with E-state index in [1.165, 1.54) is 18.6 Å². The summed E-state index contributed by atoms with van der Waals surface area (Å²) in [6, 6.07) is 7.92. The lowest BCUT2D eigenvalue weighted by Gasteiger charge is -2.28. The number of fused-ring (bicyclic) bond motifs is 1. The summed E-state index contributed by atoms with van der Waals surface area (Å²) in [6.45, 7) is 0. The molecule has 2 aromatic heterocycles. The molecule has 0 spiro atoms. The minimum Gasteiger partial charge on any atom is -0.460 e. The summed E-state index contributed by atoms with van der Waals surface area (Å²) < 4.78 is 5.78. The number of carbonyl (C=O) groups excluding carboxylic acids is 1. The molecular weight excluding hydrogens is 366 g/mol. The van der Waals surface area contributed by atoms with E-state index < -0.39 is 0 Å². The number of aromatic nitrogens is 4. The number of rotatable bonds is 4. The number of hydrogen-bond acceptors (Lipinski definition) is 6. The van der Waals surface area contributed by atoms with Gasteiger partial charge in [0, 0.05) is 6.04 Å². The fraction of sp³-hybridized carbons (Fsp3) is 0.316. The van der Waals surface area contributed by atoms with Crippen LogP contribution in [0.3, 0.4) is 0 Å². The summed E-state index contributed by atoms with van der Waals surface area (Å²) >= 11 is 5.77. The van der Waals surface area contributed by atoms with Crippen LogP contribution in [0.4, 0.5) is 0 Å². The highest BCUT2D eigenvalue weighted by atomic mass is 35.5. The van der Waals surface area contributed by atoms with Gasteiger partial charge in [-0.05, 0) is 37.8 Å². The minimum absolute atomic E-state index is 0.0415. The smallest absolute Gasteiger partial charge is 0.316 e. The standard InChI is InChI=1S/C19H18ClN5O2/c20-12-9-22-19(23-10-12)27-14-7-5-13(6-8-14)24-18(26)17-11-21-15-3-1-2-4-16(15)25-17/h1-4,9-11,13-14H,5-8H2,(H,24,26). The Morgan fingerprint density at radius 2 is 1.70 bits per heavy atom. The van der Waals surface area contributed by atoms with Gasteiger partial charge in [0.25, 0.3) is 5.91 Å². The van der Waals surface area contributed by atoms with Crippen LogP contribution in [0.15, 0.2) is 42.9 Å². The van der Waals surface area contributed by atoms with E-state index in [4.69, 9.17) is 16.3 Å². The number of hydrogen-bond donors (Lipinski definition) is 1. The first kappa shape index (κ1) is 17.6. The topological polar surface area (TPSA) is 89.9 Å². The molecule has 0 unspecified atom stereocenters. The van der Waals surface area contributed by atoms with Crippen LogP contribution < -0.4 is 10.1 Å². The van der Waals surface area contributed by atoms with Crippen LogP contribution >= 0.6 is 11.6 Å². The Labute approximate surface area is 161 Å². The second kappa shape index (κ2) is 7.84. The molecule has 27 heavy (non-hydrogen) atoms. The molecule has 1 aromatic carbocycles. The van der Waals surface area contributed by atoms with Crippen molar-refractivity contribution in [1.82, 2.24) is 25.3 Å². The number of ether oxygens (including phenoxy) is 1. The van der Waals surface area contributed by atoms with Crippen LogP contribution in [-0.2, 0) is 0 Å². The largest absolute Gasteiger partial charge is 0.460 e. The molecule has 3 aromatic rings. The van der Waals surface area contributed by atoms with Gasteiger partial charge in [0.2, 0.25) is 0 Å². The van der Waals surface area contributed by atoms with Crippen molar-refractivity contribution >= 4 is 28.5 Å². The number of nitrogens with zero attached hydrogens (tertiary/aromatic N) is 4. The Hall–Kier alpha value is -2.80. The summed E-state index contributed by atoms with van der Waals surface area (Å²) in [5.41, 5.74) is 1.82. The normalized spacial score (nSPS) is 19.6. The molecule has 138 valence electrons. The van der Waals surface area contributed by atoms with Crippen molar-refractivity contribution in [2.24, 2.45) is 0 Å². The van der Waals surface area contributed by atoms with Gasteiger partial charge in [-0.15, -0.1) is 0 Å². The van der Waals surface area contributed by atoms with Crippen molar-refractivity contribution in [3.63, 3.8) is 0 Å². The number of para-hydroxylation sites is 2. The Bertz CT molecular complexity index is 942. The number of amides is 1. The van der Waals surface area contributed by atoms with E-state index in [0.29, 0.717) is 22.2 Å². The third kappa shape index (κ3) is 4.31. The molecule has 1 fully saturated rings. The van der Waals surface area contributed by atoms with Crippen LogP contribution in [0.5, 0.6) is 6.01 Å². The molecule has 8 heteroatoms. The molecule has 0 atom stereocenters. The molecular formula is C19H18ClN5O2. The Morgan fingerprint density at radius 1 is 1.00 bits per heavy atom. The summed E-state index contributed by atoms with van der Waals surface area (Å²) in [6.07, 6.45) is 7.88. The number of halogens is 1. The van der Waals surface area contributed by atoms with Crippen LogP contribution in [-0.4, -0.2) is 38.0 Å². The molecule has 2 heterocycles. The van der Waals surface area contributed by atoms with Gasteiger partial charge < -0.3 is 10.1 Å². The molecule has 1 amide bonds. The highest BCUT2D eigenvalue weighted by Crippen LogP contribution is 2.22. The van der Waals surface area contributed by atoms with Gasteiger partial charge in [0.15, 0.2) is 0 Å². The fourth-order valence-electron chi connectivity index (χ4n) is 3.16. The predicted octanol–water partition coefficient (Wildman–Crippen LogP) is 3.19. The maximum Gasteiger partial charge on any atom is 0.316 e. The van der Waals surface area contributed by atoms with Crippen molar-refractivity contribution in [2.45, 2.75) is 37.8 Å². The molecule has 1 saturated carbocycles. The highest BCUT2D eigenvalue weighted by molar-refractivity contribution is 6.30. The average Bonchev–Trinajstić information content (AvgIpc) is 2.71. The maximum atomic E-state index is 12.5. The SMILES string of the molecule is O=C(NC1CCC(Oc2ncc(Cl)cn2)CC1)c1cnc2ccccc2n1. The van der Waals surface area contributed by atoms with Crippen molar-refractivity contribution in [2.75, 3.05) is 0 Å². The maximum absolute atomic E-state index is 12.5. The first-order valence-corrected chi connectivity index (χ1v) is 9.22. The molecule has 1 aliphatic carbocycles. The van der Waals surface area contributed by atoms with E-state index in [2.05, 4.69) is 25.3 Å². The van der Waals surface area contributed by atoms with E-state index in [1.807, 2.05) is 24.3 Å². The van der Waals surface area contributed by atoms with Crippen LogP contribution in [0, 0.1) is 0 Å². The van der Waals surface area contributed by atoms with Crippen LogP contribution in [0.2, 0.25) is 5.02 Å². The van der Waals surface area contributed by atoms with Crippen LogP contribution in [0.1, 0.15) is 36.2 Å². The fourth-order valence-corrected chi connectivity index (χ4v) is 3.26. The van der Waals surface area contributed by atoms with Crippen molar-refractivity contribution in [1.29, 1.82) is 0 Å². The van der Waals surface area contributed by atoms with Crippen molar-refractivity contribution in [3.05, 3.63) is 53.6 Å². The highest BCUT2D eigenvalue weighted by Gasteiger charge is 2.25. The van der Waals surface area contributed by atoms with Crippen molar-refractivity contribution in [3.8, 4) is 6.01 Å². The first-order valence-electron chi connectivity index (χ1n) is 8.84. The molecule has 1 N–H and O–H groups in total. The molecule has 0 saturated heterocycles. The molecule has 0 aliphatic heterocycles. The lowest BCUT2D eigenvalue weighted by Crippen LogP contribution is -2.40. The zero-order valence-corrected chi connectivity index (χ0v) is 15.3. The van der Waals surface area contributed by atoms with E-state index in [1.54, 1.807) is 0 Å². The zero-order valence-electron chi connectivity index (χ0n) is 14.5. The van der Waals surface area contributed by atoms with E-state index in [-0.39, 0.29) is 18.1 Å². The monoisotopic (exact) mass is 383 g/mol. The average molecular weight is 384 g/mol. The van der Waals surface area contributed by atoms with Gasteiger partial charge in [-0.2, -0.15) is 0 Å². The Morgan fingerprint density at radius 3 is 2.44 bits per heavy atom. The number of nitrogens with one attached hydrogen (secondary N) is 1. The van der Waals surface area contributed by atoms with Gasteiger partial charge >= 0.3 is 6.01 Å². The number of benzene rings is 1. The molecule has 7 nitrogen and oxygen atoms in total. The van der Waals surface area contributed by atoms with Gasteiger partial charge in [0.1, 0.15) is 11.8 Å². The van der Waals surface area contributed by atoms with Crippen LogP contribution in [0.25, 0.3) is 11.0 Å². The van der Waals surface area contributed by atoms with Gasteiger partial charge in [-0.25, -0.2) is 15.0 Å². The Kier molecular flexibility index (Phi) is 5.11. The third-order valence-corrected chi connectivity index (χ3v) is 4.75.